The maximum atomic E-state index is 13.4. The van der Waals surface area contributed by atoms with E-state index in [0.29, 0.717) is 12.5 Å². The van der Waals surface area contributed by atoms with E-state index < -0.39 is 0 Å². The number of halogens is 1. The van der Waals surface area contributed by atoms with Crippen LogP contribution in [0.2, 0.25) is 0 Å². The number of aryl methyl sites for hydroxylation is 2. The van der Waals surface area contributed by atoms with Crippen molar-refractivity contribution in [3.8, 4) is 0 Å². The molecule has 0 aliphatic carbocycles. The molecule has 5 nitrogen and oxygen atoms in total. The Bertz CT molecular complexity index is 805. The maximum Gasteiger partial charge on any atom is 0.238 e. The first-order valence-electron chi connectivity index (χ1n) is 7.22. The average molecular weight is 312 g/mol. The molecule has 0 saturated carbocycles. The smallest absolute Gasteiger partial charge is 0.238 e. The highest BCUT2D eigenvalue weighted by Gasteiger charge is 2.11. The zero-order chi connectivity index (χ0) is 16.2. The summed E-state index contributed by atoms with van der Waals surface area (Å²) in [7, 11) is 1.83. The van der Waals surface area contributed by atoms with Crippen molar-refractivity contribution < 1.29 is 9.13 Å². The highest BCUT2D eigenvalue weighted by Crippen LogP contribution is 2.18. The monoisotopic (exact) mass is 312 g/mol. The van der Waals surface area contributed by atoms with E-state index in [0.717, 1.165) is 22.4 Å². The molecule has 0 saturated heterocycles. The molecule has 1 N–H and O–H groups in total. The molecule has 0 radical (unpaired) electrons. The van der Waals surface area contributed by atoms with Crippen molar-refractivity contribution in [2.24, 2.45) is 12.1 Å². The number of anilines is 1. The Hall–Kier alpha value is -2.89. The van der Waals surface area contributed by atoms with Crippen molar-refractivity contribution in [2.45, 2.75) is 6.92 Å². The minimum Gasteiger partial charge on any atom is -0.472 e. The van der Waals surface area contributed by atoms with Crippen LogP contribution >= 0.6 is 0 Å². The van der Waals surface area contributed by atoms with Gasteiger partial charge in [0.05, 0.1) is 11.9 Å². The third kappa shape index (κ3) is 3.66. The molecular weight excluding hydrogens is 295 g/mol. The van der Waals surface area contributed by atoms with E-state index in [-0.39, 0.29) is 5.82 Å². The average Bonchev–Trinajstić information content (AvgIpc) is 2.95. The van der Waals surface area contributed by atoms with Gasteiger partial charge in [0.15, 0.2) is 0 Å². The summed E-state index contributed by atoms with van der Waals surface area (Å²) in [5, 5.41) is 8.34. The summed E-state index contributed by atoms with van der Waals surface area (Å²) >= 11 is 0. The van der Waals surface area contributed by atoms with E-state index in [2.05, 4.69) is 15.6 Å². The van der Waals surface area contributed by atoms with Gasteiger partial charge in [-0.1, -0.05) is 12.1 Å². The first-order chi connectivity index (χ1) is 11.1. The lowest BCUT2D eigenvalue weighted by atomic mass is 10.0. The summed E-state index contributed by atoms with van der Waals surface area (Å²) in [6.45, 7) is 2.39. The standard InChI is InChI=1S/C17H17FN4O/c1-12-5-6-15(18)9-14(12)8-13-4-3-7-23-17(13)21-20-16-10-19-22(2)11-16/h3-6,8-11,20H,7H2,1-2H3. The summed E-state index contributed by atoms with van der Waals surface area (Å²) in [6, 6.07) is 4.69. The highest BCUT2D eigenvalue weighted by atomic mass is 19.1. The van der Waals surface area contributed by atoms with Crippen LogP contribution < -0.4 is 5.43 Å². The van der Waals surface area contributed by atoms with E-state index in [1.54, 1.807) is 16.9 Å². The third-order valence-corrected chi connectivity index (χ3v) is 3.40. The van der Waals surface area contributed by atoms with Crippen LogP contribution in [0, 0.1) is 12.7 Å². The van der Waals surface area contributed by atoms with Gasteiger partial charge in [-0.2, -0.15) is 5.10 Å². The molecule has 2 aromatic rings. The zero-order valence-electron chi connectivity index (χ0n) is 13.0. The van der Waals surface area contributed by atoms with Gasteiger partial charge in [-0.15, -0.1) is 5.10 Å². The molecule has 3 rings (SSSR count). The van der Waals surface area contributed by atoms with Crippen LogP contribution in [-0.4, -0.2) is 22.3 Å². The second kappa shape index (κ2) is 6.48. The maximum absolute atomic E-state index is 13.4. The van der Waals surface area contributed by atoms with Crippen molar-refractivity contribution in [3.05, 3.63) is 65.3 Å². The van der Waals surface area contributed by atoms with Crippen LogP contribution in [0.4, 0.5) is 10.1 Å². The Kier molecular flexibility index (Phi) is 4.23. The Balaban J connectivity index is 1.88. The number of hydrogen-bond acceptors (Lipinski definition) is 4. The van der Waals surface area contributed by atoms with Gasteiger partial charge < -0.3 is 4.74 Å². The van der Waals surface area contributed by atoms with E-state index in [1.807, 2.05) is 38.4 Å². The first kappa shape index (κ1) is 15.0. The van der Waals surface area contributed by atoms with Gasteiger partial charge >= 0.3 is 0 Å². The normalized spacial score (nSPS) is 17.5. The van der Waals surface area contributed by atoms with Crippen LogP contribution in [0.25, 0.3) is 6.08 Å². The van der Waals surface area contributed by atoms with Crippen molar-refractivity contribution >= 4 is 17.7 Å². The van der Waals surface area contributed by atoms with Crippen LogP contribution in [0.5, 0.6) is 0 Å². The zero-order valence-corrected chi connectivity index (χ0v) is 13.0. The molecule has 0 atom stereocenters. The number of benzene rings is 1. The molecule has 1 aromatic carbocycles. The summed E-state index contributed by atoms with van der Waals surface area (Å²) in [4.78, 5) is 0. The number of hydrazone groups is 1. The molecule has 23 heavy (non-hydrogen) atoms. The molecule has 0 bridgehead atoms. The number of aromatic nitrogens is 2. The number of nitrogens with zero attached hydrogens (tertiary/aromatic N) is 3. The van der Waals surface area contributed by atoms with Crippen LogP contribution in [-0.2, 0) is 11.8 Å². The molecule has 0 spiro atoms. The molecule has 0 amide bonds. The number of hydrogen-bond donors (Lipinski definition) is 1. The van der Waals surface area contributed by atoms with Crippen molar-refractivity contribution in [2.75, 3.05) is 12.0 Å². The van der Waals surface area contributed by atoms with Gasteiger partial charge in [-0.05, 0) is 42.3 Å². The quantitative estimate of drug-likeness (QED) is 0.885. The SMILES string of the molecule is Cc1ccc(F)cc1C=C1C=CCOC1=NNc1cnn(C)c1. The number of ether oxygens (including phenoxy) is 1. The Labute approximate surface area is 133 Å². The van der Waals surface area contributed by atoms with Gasteiger partial charge in [0.2, 0.25) is 5.90 Å². The van der Waals surface area contributed by atoms with Gasteiger partial charge in [-0.25, -0.2) is 4.39 Å². The second-order valence-electron chi connectivity index (χ2n) is 5.25. The van der Waals surface area contributed by atoms with Gasteiger partial charge in [0.1, 0.15) is 12.4 Å². The lowest BCUT2D eigenvalue weighted by Gasteiger charge is -2.14. The summed E-state index contributed by atoms with van der Waals surface area (Å²) < 4.78 is 20.7. The van der Waals surface area contributed by atoms with Crippen LogP contribution in [0.3, 0.4) is 0 Å². The van der Waals surface area contributed by atoms with Crippen molar-refractivity contribution in [1.82, 2.24) is 9.78 Å². The molecule has 0 fully saturated rings. The summed E-state index contributed by atoms with van der Waals surface area (Å²) in [5.41, 5.74) is 6.23. The first-order valence-corrected chi connectivity index (χ1v) is 7.22. The minimum atomic E-state index is -0.268. The molecule has 2 heterocycles. The fourth-order valence-electron chi connectivity index (χ4n) is 2.19. The summed E-state index contributed by atoms with van der Waals surface area (Å²) in [5.74, 6) is 0.190. The Morgan fingerprint density at radius 3 is 3.09 bits per heavy atom. The van der Waals surface area contributed by atoms with Gasteiger partial charge in [0, 0.05) is 18.8 Å². The largest absolute Gasteiger partial charge is 0.472 e. The molecular formula is C17H17FN4O. The Morgan fingerprint density at radius 1 is 1.43 bits per heavy atom. The molecule has 6 heteroatoms. The number of rotatable bonds is 3. The highest BCUT2D eigenvalue weighted by molar-refractivity contribution is 6.02. The second-order valence-corrected chi connectivity index (χ2v) is 5.25. The fraction of sp³-hybridized carbons (Fsp3) is 0.176. The number of nitrogens with one attached hydrogen (secondary N) is 1. The molecule has 1 aliphatic heterocycles. The Morgan fingerprint density at radius 2 is 2.30 bits per heavy atom. The van der Waals surface area contributed by atoms with E-state index in [4.69, 9.17) is 4.74 Å². The molecule has 1 aromatic heterocycles. The lowest BCUT2D eigenvalue weighted by molar-refractivity contribution is 0.346. The predicted molar refractivity (Wildman–Crippen MR) is 88.5 cm³/mol. The van der Waals surface area contributed by atoms with Crippen molar-refractivity contribution in [3.63, 3.8) is 0 Å². The molecule has 0 unspecified atom stereocenters. The fourth-order valence-corrected chi connectivity index (χ4v) is 2.19. The topological polar surface area (TPSA) is 51.4 Å². The van der Waals surface area contributed by atoms with Crippen LogP contribution in [0.1, 0.15) is 11.1 Å². The van der Waals surface area contributed by atoms with E-state index >= 15 is 0 Å². The predicted octanol–water partition coefficient (Wildman–Crippen LogP) is 3.26. The summed E-state index contributed by atoms with van der Waals surface area (Å²) in [6.07, 6.45) is 9.14. The van der Waals surface area contributed by atoms with E-state index in [9.17, 15) is 4.39 Å². The minimum absolute atomic E-state index is 0.268. The van der Waals surface area contributed by atoms with Crippen LogP contribution in [0.15, 0.2) is 53.4 Å². The lowest BCUT2D eigenvalue weighted by Crippen LogP contribution is -2.13. The third-order valence-electron chi connectivity index (χ3n) is 3.40. The van der Waals surface area contributed by atoms with E-state index in [1.165, 1.54) is 12.1 Å². The van der Waals surface area contributed by atoms with Gasteiger partial charge in [0.25, 0.3) is 0 Å². The van der Waals surface area contributed by atoms with Crippen molar-refractivity contribution in [1.29, 1.82) is 0 Å². The molecule has 118 valence electrons. The van der Waals surface area contributed by atoms with Gasteiger partial charge in [-0.3, -0.25) is 10.1 Å². The molecule has 1 aliphatic rings.